The first-order valence-corrected chi connectivity index (χ1v) is 8.36. The Balaban J connectivity index is 1.75. The van der Waals surface area contributed by atoms with E-state index in [4.69, 9.17) is 4.52 Å². The smallest absolute Gasteiger partial charge is 0.140 e. The van der Waals surface area contributed by atoms with E-state index in [0.29, 0.717) is 17.2 Å². The molecule has 1 fully saturated rings. The molecule has 2 aromatic heterocycles. The van der Waals surface area contributed by atoms with Crippen molar-refractivity contribution in [1.82, 2.24) is 14.9 Å². The molecule has 0 amide bonds. The van der Waals surface area contributed by atoms with Gasteiger partial charge in [0.05, 0.1) is 5.56 Å². The van der Waals surface area contributed by atoms with Crippen LogP contribution in [-0.4, -0.2) is 14.9 Å². The van der Waals surface area contributed by atoms with Gasteiger partial charge in [0.2, 0.25) is 0 Å². The lowest BCUT2D eigenvalue weighted by Gasteiger charge is -2.22. The van der Waals surface area contributed by atoms with Gasteiger partial charge in [-0.3, -0.25) is 4.68 Å². The van der Waals surface area contributed by atoms with Gasteiger partial charge in [-0.15, -0.1) is 0 Å². The molecule has 0 N–H and O–H groups in total. The number of benzene rings is 1. The Morgan fingerprint density at radius 2 is 1.88 bits per heavy atom. The molecule has 1 aliphatic carbocycles. The molecule has 1 aromatic carbocycles. The molecule has 25 heavy (non-hydrogen) atoms. The van der Waals surface area contributed by atoms with Crippen LogP contribution in [-0.2, 0) is 5.54 Å². The molecular weight excluding hydrogens is 324 g/mol. The fourth-order valence-corrected chi connectivity index (χ4v) is 2.97. The zero-order valence-corrected chi connectivity index (χ0v) is 14.4. The summed E-state index contributed by atoms with van der Waals surface area (Å²) in [4.78, 5) is 0. The molecule has 0 radical (unpaired) electrons. The largest absolute Gasteiger partial charge is 0.361 e. The van der Waals surface area contributed by atoms with E-state index in [1.807, 2.05) is 19.9 Å². The van der Waals surface area contributed by atoms with Crippen LogP contribution in [0, 0.1) is 18.6 Å². The van der Waals surface area contributed by atoms with Crippen molar-refractivity contribution < 1.29 is 13.3 Å². The molecule has 3 aromatic rings. The molecule has 0 atom stereocenters. The number of hydrogen-bond donors (Lipinski definition) is 0. The van der Waals surface area contributed by atoms with Crippen molar-refractivity contribution in [1.29, 1.82) is 0 Å². The molecular formula is C19H19F2N3O. The van der Waals surface area contributed by atoms with E-state index in [1.54, 1.807) is 17.8 Å². The number of nitrogens with zero attached hydrogens (tertiary/aromatic N) is 3. The van der Waals surface area contributed by atoms with Gasteiger partial charge in [-0.05, 0) is 51.3 Å². The maximum atomic E-state index is 14.1. The van der Waals surface area contributed by atoms with Gasteiger partial charge in [-0.25, -0.2) is 8.78 Å². The van der Waals surface area contributed by atoms with Gasteiger partial charge in [0.15, 0.2) is 0 Å². The molecule has 1 saturated carbocycles. The number of halogens is 2. The first-order chi connectivity index (χ1) is 11.9. The van der Waals surface area contributed by atoms with Crippen LogP contribution in [0.15, 0.2) is 35.0 Å². The molecule has 0 unspecified atom stereocenters. The molecule has 2 heterocycles. The number of aromatic nitrogens is 3. The highest BCUT2D eigenvalue weighted by molar-refractivity contribution is 5.64. The Morgan fingerprint density at radius 1 is 1.20 bits per heavy atom. The normalized spacial score (nSPS) is 14.9. The Hall–Kier alpha value is -2.50. The Labute approximate surface area is 144 Å². The van der Waals surface area contributed by atoms with Crippen molar-refractivity contribution in [2.45, 2.75) is 45.1 Å². The highest BCUT2D eigenvalue weighted by Gasteiger charge is 2.33. The second-order valence-electron chi connectivity index (χ2n) is 7.15. The summed E-state index contributed by atoms with van der Waals surface area (Å²) >= 11 is 0. The topological polar surface area (TPSA) is 43.9 Å². The quantitative estimate of drug-likeness (QED) is 0.684. The van der Waals surface area contributed by atoms with Gasteiger partial charge < -0.3 is 4.52 Å². The lowest BCUT2D eigenvalue weighted by molar-refractivity contribution is 0.328. The third-order valence-corrected chi connectivity index (χ3v) is 4.80. The van der Waals surface area contributed by atoms with Gasteiger partial charge in [0.25, 0.3) is 0 Å². The van der Waals surface area contributed by atoms with Crippen molar-refractivity contribution in [3.05, 3.63) is 59.1 Å². The monoisotopic (exact) mass is 343 g/mol. The summed E-state index contributed by atoms with van der Waals surface area (Å²) in [6.07, 6.45) is 4.05. The lowest BCUT2D eigenvalue weighted by Crippen LogP contribution is -2.28. The molecule has 1 aliphatic rings. The molecule has 0 aliphatic heterocycles. The minimum Gasteiger partial charge on any atom is -0.361 e. The second-order valence-corrected chi connectivity index (χ2v) is 7.15. The summed E-state index contributed by atoms with van der Waals surface area (Å²) in [6.45, 7) is 5.70. The number of rotatable bonds is 4. The Kier molecular flexibility index (Phi) is 3.52. The molecule has 6 heteroatoms. The highest BCUT2D eigenvalue weighted by Crippen LogP contribution is 2.41. The minimum absolute atomic E-state index is 0.103. The van der Waals surface area contributed by atoms with Gasteiger partial charge >= 0.3 is 0 Å². The summed E-state index contributed by atoms with van der Waals surface area (Å²) in [5, 5.41) is 8.66. The maximum Gasteiger partial charge on any atom is 0.140 e. The van der Waals surface area contributed by atoms with Crippen molar-refractivity contribution in [2.75, 3.05) is 0 Å². The third kappa shape index (κ3) is 2.65. The van der Waals surface area contributed by atoms with Crippen LogP contribution in [0.4, 0.5) is 8.78 Å². The predicted octanol–water partition coefficient (Wildman–Crippen LogP) is 4.79. The van der Waals surface area contributed by atoms with E-state index in [2.05, 4.69) is 10.3 Å². The van der Waals surface area contributed by atoms with E-state index in [1.165, 1.54) is 18.2 Å². The zero-order chi connectivity index (χ0) is 17.8. The van der Waals surface area contributed by atoms with Gasteiger partial charge in [-0.2, -0.15) is 5.10 Å². The van der Waals surface area contributed by atoms with Crippen LogP contribution < -0.4 is 0 Å². The second kappa shape index (κ2) is 5.51. The molecule has 0 saturated heterocycles. The van der Waals surface area contributed by atoms with Crippen LogP contribution >= 0.6 is 0 Å². The molecule has 130 valence electrons. The van der Waals surface area contributed by atoms with Crippen LogP contribution in [0.2, 0.25) is 0 Å². The first kappa shape index (κ1) is 16.0. The highest BCUT2D eigenvalue weighted by atomic mass is 19.1. The van der Waals surface area contributed by atoms with Crippen molar-refractivity contribution >= 4 is 0 Å². The van der Waals surface area contributed by atoms with E-state index in [9.17, 15) is 8.78 Å². The molecule has 0 bridgehead atoms. The summed E-state index contributed by atoms with van der Waals surface area (Å²) in [5.41, 5.74) is 1.05. The maximum absolute atomic E-state index is 14.1. The Morgan fingerprint density at radius 3 is 2.52 bits per heavy atom. The van der Waals surface area contributed by atoms with Crippen LogP contribution in [0.3, 0.4) is 0 Å². The predicted molar refractivity (Wildman–Crippen MR) is 89.2 cm³/mol. The van der Waals surface area contributed by atoms with Gasteiger partial charge in [0, 0.05) is 18.2 Å². The Bertz CT molecular complexity index is 918. The summed E-state index contributed by atoms with van der Waals surface area (Å²) in [7, 11) is 0. The van der Waals surface area contributed by atoms with E-state index >= 15 is 0 Å². The van der Waals surface area contributed by atoms with E-state index in [0.717, 1.165) is 24.3 Å². The first-order valence-electron chi connectivity index (χ1n) is 8.36. The van der Waals surface area contributed by atoms with Crippen LogP contribution in [0.25, 0.3) is 11.3 Å². The number of hydrogen-bond acceptors (Lipinski definition) is 3. The fraction of sp³-hybridized carbons (Fsp3) is 0.368. The molecule has 4 nitrogen and oxygen atoms in total. The zero-order valence-electron chi connectivity index (χ0n) is 14.4. The summed E-state index contributed by atoms with van der Waals surface area (Å²) in [6, 6.07) is 5.78. The summed E-state index contributed by atoms with van der Waals surface area (Å²) < 4.78 is 35.4. The van der Waals surface area contributed by atoms with Gasteiger partial charge in [-0.1, -0.05) is 11.2 Å². The van der Waals surface area contributed by atoms with Gasteiger partial charge in [0.1, 0.15) is 34.3 Å². The average Bonchev–Trinajstić information content (AvgIpc) is 3.14. The molecule has 4 rings (SSSR count). The number of aryl methyl sites for hydroxylation is 1. The standard InChI is InChI=1S/C19H19F2N3O/c1-11-10-24(22-18(11)17-13(20)5-4-6-14(17)21)19(2,3)16-9-15(25-23-16)12-7-8-12/h4-6,9-10,12H,7-8H2,1-3H3. The van der Waals surface area contributed by atoms with Crippen molar-refractivity contribution in [3.63, 3.8) is 0 Å². The molecule has 0 spiro atoms. The average molecular weight is 343 g/mol. The lowest BCUT2D eigenvalue weighted by atomic mass is 10.0. The fourth-order valence-electron chi connectivity index (χ4n) is 2.97. The van der Waals surface area contributed by atoms with Crippen LogP contribution in [0.5, 0.6) is 0 Å². The SMILES string of the molecule is Cc1cn(C(C)(C)c2cc(C3CC3)on2)nc1-c1c(F)cccc1F. The van der Waals surface area contributed by atoms with E-state index < -0.39 is 17.2 Å². The summed E-state index contributed by atoms with van der Waals surface area (Å²) in [5.74, 6) is 0.124. The third-order valence-electron chi connectivity index (χ3n) is 4.80. The van der Waals surface area contributed by atoms with Crippen molar-refractivity contribution in [2.24, 2.45) is 0 Å². The minimum atomic E-state index is -0.622. The van der Waals surface area contributed by atoms with E-state index in [-0.39, 0.29) is 5.56 Å². The van der Waals surface area contributed by atoms with Crippen molar-refractivity contribution in [3.8, 4) is 11.3 Å². The van der Waals surface area contributed by atoms with Crippen LogP contribution in [0.1, 0.15) is 49.6 Å².